The van der Waals surface area contributed by atoms with Gasteiger partial charge in [-0.3, -0.25) is 0 Å². The minimum Gasteiger partial charge on any atom is -0.479 e. The lowest BCUT2D eigenvalue weighted by atomic mass is 9.92. The summed E-state index contributed by atoms with van der Waals surface area (Å²) in [6, 6.07) is 19.2. The third-order valence-corrected chi connectivity index (χ3v) is 9.16. The van der Waals surface area contributed by atoms with Gasteiger partial charge >= 0.3 is 5.97 Å². The number of nitrogens with zero attached hydrogens (tertiary/aromatic N) is 4. The number of hydrogen-bond acceptors (Lipinski definition) is 6. The number of piperidine rings is 1. The molecule has 3 aliphatic heterocycles. The fourth-order valence-corrected chi connectivity index (χ4v) is 6.74. The van der Waals surface area contributed by atoms with Crippen molar-refractivity contribution in [1.82, 2.24) is 14.6 Å². The van der Waals surface area contributed by atoms with E-state index in [0.29, 0.717) is 30.0 Å². The molecule has 0 saturated carbocycles. The Hall–Kier alpha value is -3.75. The Balaban J connectivity index is 1.52. The van der Waals surface area contributed by atoms with E-state index in [9.17, 15) is 9.90 Å². The maximum absolute atomic E-state index is 12.8. The van der Waals surface area contributed by atoms with Gasteiger partial charge in [0.2, 0.25) is 0 Å². The molecule has 5 heterocycles. The summed E-state index contributed by atoms with van der Waals surface area (Å²) < 4.78 is 14.5. The summed E-state index contributed by atoms with van der Waals surface area (Å²) in [6.07, 6.45) is 6.06. The molecule has 0 aliphatic carbocycles. The largest absolute Gasteiger partial charge is 0.479 e. The van der Waals surface area contributed by atoms with Crippen LogP contribution in [0.2, 0.25) is 0 Å². The highest BCUT2D eigenvalue weighted by molar-refractivity contribution is 5.79. The lowest BCUT2D eigenvalue weighted by Crippen LogP contribution is -2.46. The van der Waals surface area contributed by atoms with Gasteiger partial charge in [0.15, 0.2) is 11.8 Å². The molecule has 8 nitrogen and oxygen atoms in total. The number of carboxylic acids is 1. The molecule has 3 aliphatic rings. The summed E-state index contributed by atoms with van der Waals surface area (Å²) in [6.45, 7) is 11.9. The molecular formula is C37H46N4O4. The second-order valence-electron chi connectivity index (χ2n) is 13.9. The Kier molecular flexibility index (Phi) is 8.72. The van der Waals surface area contributed by atoms with E-state index >= 15 is 0 Å². The van der Waals surface area contributed by atoms with E-state index in [4.69, 9.17) is 19.6 Å². The fourth-order valence-electron chi connectivity index (χ4n) is 6.74. The highest BCUT2D eigenvalue weighted by atomic mass is 16.5. The molecule has 4 aromatic rings. The van der Waals surface area contributed by atoms with E-state index in [1.54, 1.807) is 0 Å². The van der Waals surface area contributed by atoms with Crippen molar-refractivity contribution in [3.63, 3.8) is 0 Å². The second kappa shape index (κ2) is 12.6. The second-order valence-corrected chi connectivity index (χ2v) is 13.9. The van der Waals surface area contributed by atoms with Crippen molar-refractivity contribution >= 4 is 17.4 Å². The average Bonchev–Trinajstić information content (AvgIpc) is 3.42. The molecule has 1 atom stereocenters. The normalized spacial score (nSPS) is 18.1. The van der Waals surface area contributed by atoms with Gasteiger partial charge in [-0.25, -0.2) is 9.78 Å². The SMILES string of the molecule is Cc1nc2cc3nn2c(c1[C@H](OC(C)(C)C)C(=O)O)N1CCC(C)(CC1)OCCCCCCc1ccccc1-c1cccc-3c1. The predicted molar refractivity (Wildman–Crippen MR) is 178 cm³/mol. The number of aliphatic carboxylic acids is 1. The Bertz CT molecular complexity index is 1680. The van der Waals surface area contributed by atoms with E-state index in [1.807, 2.05) is 38.3 Å². The van der Waals surface area contributed by atoms with Crippen LogP contribution in [0.1, 0.15) is 89.1 Å². The third-order valence-electron chi connectivity index (χ3n) is 9.16. The van der Waals surface area contributed by atoms with Crippen molar-refractivity contribution < 1.29 is 19.4 Å². The van der Waals surface area contributed by atoms with E-state index < -0.39 is 17.7 Å². The van der Waals surface area contributed by atoms with Crippen molar-refractivity contribution in [2.45, 2.75) is 96.9 Å². The molecule has 0 radical (unpaired) electrons. The number of aromatic nitrogens is 3. The Morgan fingerprint density at radius 3 is 2.49 bits per heavy atom. The van der Waals surface area contributed by atoms with Crippen LogP contribution in [-0.4, -0.2) is 56.6 Å². The summed E-state index contributed by atoms with van der Waals surface area (Å²) in [5.41, 5.74) is 6.52. The fraction of sp³-hybridized carbons (Fsp3) is 0.486. The summed E-state index contributed by atoms with van der Waals surface area (Å²) >= 11 is 0. The maximum atomic E-state index is 12.8. The Morgan fingerprint density at radius 2 is 1.73 bits per heavy atom. The van der Waals surface area contributed by atoms with Gasteiger partial charge in [-0.15, -0.1) is 0 Å². The van der Waals surface area contributed by atoms with Gasteiger partial charge in [-0.1, -0.05) is 55.3 Å². The summed E-state index contributed by atoms with van der Waals surface area (Å²) in [7, 11) is 0. The van der Waals surface area contributed by atoms with Gasteiger partial charge in [0.1, 0.15) is 5.82 Å². The zero-order chi connectivity index (χ0) is 31.8. The molecule has 1 N–H and O–H groups in total. The van der Waals surface area contributed by atoms with Crippen LogP contribution in [0.15, 0.2) is 54.6 Å². The third kappa shape index (κ3) is 6.77. The first-order chi connectivity index (χ1) is 21.5. The number of hydrogen-bond donors (Lipinski definition) is 1. The van der Waals surface area contributed by atoms with Crippen LogP contribution < -0.4 is 4.90 Å². The molecule has 0 amide bonds. The maximum Gasteiger partial charge on any atom is 0.337 e. The summed E-state index contributed by atoms with van der Waals surface area (Å²) in [5, 5.41) is 15.6. The van der Waals surface area contributed by atoms with E-state index in [1.165, 1.54) is 17.5 Å². The van der Waals surface area contributed by atoms with Crippen molar-refractivity contribution in [3.8, 4) is 22.4 Å². The minimum atomic E-state index is -1.19. The molecule has 1 fully saturated rings. The first-order valence-corrected chi connectivity index (χ1v) is 16.4. The minimum absolute atomic E-state index is 0.221. The van der Waals surface area contributed by atoms with Crippen LogP contribution in [-0.2, 0) is 20.7 Å². The van der Waals surface area contributed by atoms with Crippen molar-refractivity contribution in [1.29, 1.82) is 0 Å². The highest BCUT2D eigenvalue weighted by Crippen LogP contribution is 2.39. The highest BCUT2D eigenvalue weighted by Gasteiger charge is 2.37. The smallest absolute Gasteiger partial charge is 0.337 e. The average molecular weight is 611 g/mol. The number of benzene rings is 2. The van der Waals surface area contributed by atoms with Crippen molar-refractivity contribution in [2.75, 3.05) is 24.6 Å². The number of rotatable bonds is 3. The number of anilines is 1. The topological polar surface area (TPSA) is 89.2 Å². The number of ether oxygens (including phenoxy) is 2. The molecule has 2 aromatic heterocycles. The first-order valence-electron chi connectivity index (χ1n) is 16.4. The lowest BCUT2D eigenvalue weighted by Gasteiger charge is -2.41. The van der Waals surface area contributed by atoms with Crippen LogP contribution in [0.4, 0.5) is 5.82 Å². The van der Waals surface area contributed by atoms with Gasteiger partial charge in [0, 0.05) is 37.0 Å². The molecule has 8 heteroatoms. The standard InChI is InChI=1S/C37H46N4O4/c1-25-32(33(35(42)43)45-36(2,3)4)34-40-20-18-37(5,19-21-40)44-22-11-7-6-8-13-26-14-9-10-17-29(26)27-15-12-16-28(23-27)30-24-31(38-25)41(34)39-30/h9-10,12,14-17,23-24,33H,6-8,11,13,18-22H2,1-5H3,(H,42,43)/t33-/m0/s1. The zero-order valence-corrected chi connectivity index (χ0v) is 27.3. The van der Waals surface area contributed by atoms with E-state index in [-0.39, 0.29) is 5.60 Å². The predicted octanol–water partition coefficient (Wildman–Crippen LogP) is 7.80. The molecule has 0 unspecified atom stereocenters. The van der Waals surface area contributed by atoms with Crippen LogP contribution >= 0.6 is 0 Å². The van der Waals surface area contributed by atoms with Crippen molar-refractivity contribution in [2.24, 2.45) is 0 Å². The summed E-state index contributed by atoms with van der Waals surface area (Å²) in [5.74, 6) is -0.306. The Morgan fingerprint density at radius 1 is 1.00 bits per heavy atom. The van der Waals surface area contributed by atoms with Crippen LogP contribution in [0.5, 0.6) is 0 Å². The molecular weight excluding hydrogens is 564 g/mol. The van der Waals surface area contributed by atoms with Gasteiger partial charge in [-0.2, -0.15) is 9.61 Å². The molecule has 0 spiro atoms. The van der Waals surface area contributed by atoms with Crippen LogP contribution in [0.25, 0.3) is 28.0 Å². The Labute approximate surface area is 266 Å². The molecule has 45 heavy (non-hydrogen) atoms. The monoisotopic (exact) mass is 610 g/mol. The van der Waals surface area contributed by atoms with Gasteiger partial charge in [0.05, 0.1) is 22.5 Å². The number of carboxylic acid groups (broad SMARTS) is 1. The molecule has 6 bridgehead atoms. The van der Waals surface area contributed by atoms with Gasteiger partial charge in [-0.05, 0) is 89.5 Å². The first kappa shape index (κ1) is 31.2. The van der Waals surface area contributed by atoms with Crippen molar-refractivity contribution in [3.05, 3.63) is 71.4 Å². The van der Waals surface area contributed by atoms with Crippen LogP contribution in [0, 0.1) is 6.92 Å². The van der Waals surface area contributed by atoms with E-state index in [2.05, 4.69) is 60.4 Å². The quantitative estimate of drug-likeness (QED) is 0.253. The number of aryl methyl sites for hydroxylation is 2. The molecule has 2 aromatic carbocycles. The van der Waals surface area contributed by atoms with Gasteiger partial charge < -0.3 is 19.5 Å². The zero-order valence-electron chi connectivity index (χ0n) is 27.3. The lowest BCUT2D eigenvalue weighted by molar-refractivity contribution is -0.160. The molecule has 1 saturated heterocycles. The van der Waals surface area contributed by atoms with Crippen LogP contribution in [0.3, 0.4) is 0 Å². The van der Waals surface area contributed by atoms with E-state index in [0.717, 1.165) is 67.8 Å². The molecule has 7 rings (SSSR count). The number of fused-ring (bicyclic) bond motifs is 8. The summed E-state index contributed by atoms with van der Waals surface area (Å²) in [4.78, 5) is 20.0. The van der Waals surface area contributed by atoms with Gasteiger partial charge in [0.25, 0.3) is 0 Å². The number of carbonyl (C=O) groups is 1. The molecule has 238 valence electrons.